The maximum absolute atomic E-state index is 12.1. The van der Waals surface area contributed by atoms with Crippen molar-refractivity contribution in [2.24, 2.45) is 0 Å². The van der Waals surface area contributed by atoms with Gasteiger partial charge in [0.25, 0.3) is 5.91 Å². The second-order valence-corrected chi connectivity index (χ2v) is 6.19. The highest BCUT2D eigenvalue weighted by atomic mass is 35.5. The smallest absolute Gasteiger partial charge is 0.253 e. The van der Waals surface area contributed by atoms with E-state index in [4.69, 9.17) is 23.2 Å². The molecule has 6 heteroatoms. The van der Waals surface area contributed by atoms with Crippen molar-refractivity contribution in [3.63, 3.8) is 0 Å². The van der Waals surface area contributed by atoms with Gasteiger partial charge in [-0.25, -0.2) is 0 Å². The first-order valence-electron chi connectivity index (χ1n) is 7.55. The molecule has 2 N–H and O–H groups in total. The maximum atomic E-state index is 12.1. The standard InChI is InChI=1S/C18H18Cl2N2O2/c1-12(22-18(24)15-4-2-3-5-16(15)20)17(23)21-11-10-13-6-8-14(19)9-7-13/h2-9,12H,10-11H2,1H3,(H,21,23)(H,22,24)/t12-/m0/s1. The van der Waals surface area contributed by atoms with E-state index in [0.29, 0.717) is 28.6 Å². The number of carbonyl (C=O) groups excluding carboxylic acids is 2. The summed E-state index contributed by atoms with van der Waals surface area (Å²) < 4.78 is 0. The van der Waals surface area contributed by atoms with Crippen LogP contribution in [0.2, 0.25) is 10.0 Å². The van der Waals surface area contributed by atoms with E-state index in [2.05, 4.69) is 10.6 Å². The van der Waals surface area contributed by atoms with Crippen LogP contribution < -0.4 is 10.6 Å². The second kappa shape index (κ2) is 8.71. The summed E-state index contributed by atoms with van der Waals surface area (Å²) in [7, 11) is 0. The summed E-state index contributed by atoms with van der Waals surface area (Å²) in [6.45, 7) is 2.11. The second-order valence-electron chi connectivity index (χ2n) is 5.34. The minimum Gasteiger partial charge on any atom is -0.354 e. The lowest BCUT2D eigenvalue weighted by atomic mass is 10.1. The van der Waals surface area contributed by atoms with E-state index in [-0.39, 0.29) is 11.8 Å². The Balaban J connectivity index is 1.80. The maximum Gasteiger partial charge on any atom is 0.253 e. The molecule has 1 atom stereocenters. The van der Waals surface area contributed by atoms with Crippen LogP contribution >= 0.6 is 23.2 Å². The van der Waals surface area contributed by atoms with Gasteiger partial charge in [-0.3, -0.25) is 9.59 Å². The molecule has 0 aliphatic heterocycles. The summed E-state index contributed by atoms with van der Waals surface area (Å²) in [5.41, 5.74) is 1.42. The van der Waals surface area contributed by atoms with Gasteiger partial charge >= 0.3 is 0 Å². The third-order valence-electron chi connectivity index (χ3n) is 3.49. The molecule has 0 spiro atoms. The first-order valence-corrected chi connectivity index (χ1v) is 8.30. The number of benzene rings is 2. The minimum absolute atomic E-state index is 0.246. The van der Waals surface area contributed by atoms with Gasteiger partial charge in [0, 0.05) is 11.6 Å². The fraction of sp³-hybridized carbons (Fsp3) is 0.222. The molecular weight excluding hydrogens is 347 g/mol. The topological polar surface area (TPSA) is 58.2 Å². The molecule has 2 amide bonds. The van der Waals surface area contributed by atoms with Gasteiger partial charge in [0.2, 0.25) is 5.91 Å². The van der Waals surface area contributed by atoms with Crippen LogP contribution in [-0.2, 0) is 11.2 Å². The number of nitrogens with one attached hydrogen (secondary N) is 2. The molecule has 126 valence electrons. The largest absolute Gasteiger partial charge is 0.354 e. The number of carbonyl (C=O) groups is 2. The fourth-order valence-corrected chi connectivity index (χ4v) is 2.47. The van der Waals surface area contributed by atoms with Gasteiger partial charge in [-0.1, -0.05) is 47.5 Å². The van der Waals surface area contributed by atoms with Crippen molar-refractivity contribution in [2.45, 2.75) is 19.4 Å². The molecule has 0 saturated heterocycles. The third-order valence-corrected chi connectivity index (χ3v) is 4.07. The van der Waals surface area contributed by atoms with Crippen molar-refractivity contribution in [1.82, 2.24) is 10.6 Å². The molecule has 0 aliphatic carbocycles. The summed E-state index contributed by atoms with van der Waals surface area (Å²) in [6.07, 6.45) is 0.689. The van der Waals surface area contributed by atoms with E-state index in [1.165, 1.54) is 0 Å². The van der Waals surface area contributed by atoms with Crippen LogP contribution in [0.3, 0.4) is 0 Å². The summed E-state index contributed by atoms with van der Waals surface area (Å²) in [6, 6.07) is 13.5. The van der Waals surface area contributed by atoms with E-state index >= 15 is 0 Å². The zero-order valence-corrected chi connectivity index (χ0v) is 14.7. The normalized spacial score (nSPS) is 11.6. The van der Waals surface area contributed by atoms with Crippen molar-refractivity contribution in [3.05, 3.63) is 69.7 Å². The molecule has 0 aliphatic rings. The number of rotatable bonds is 6. The highest BCUT2D eigenvalue weighted by molar-refractivity contribution is 6.33. The molecule has 2 aromatic carbocycles. The molecule has 0 heterocycles. The van der Waals surface area contributed by atoms with E-state index in [9.17, 15) is 9.59 Å². The lowest BCUT2D eigenvalue weighted by Gasteiger charge is -2.14. The van der Waals surface area contributed by atoms with Gasteiger partial charge < -0.3 is 10.6 Å². The summed E-state index contributed by atoms with van der Waals surface area (Å²) in [5, 5.41) is 6.47. The molecule has 24 heavy (non-hydrogen) atoms. The number of hydrogen-bond acceptors (Lipinski definition) is 2. The molecule has 2 aromatic rings. The lowest BCUT2D eigenvalue weighted by Crippen LogP contribution is -2.45. The average Bonchev–Trinajstić information content (AvgIpc) is 2.56. The molecule has 0 radical (unpaired) electrons. The van der Waals surface area contributed by atoms with Crippen LogP contribution in [0.4, 0.5) is 0 Å². The van der Waals surface area contributed by atoms with Crippen LogP contribution in [0.15, 0.2) is 48.5 Å². The summed E-state index contributed by atoms with van der Waals surface area (Å²) in [5.74, 6) is -0.620. The SMILES string of the molecule is C[C@H](NC(=O)c1ccccc1Cl)C(=O)NCCc1ccc(Cl)cc1. The minimum atomic E-state index is -0.654. The third kappa shape index (κ3) is 5.25. The zero-order valence-electron chi connectivity index (χ0n) is 13.2. The van der Waals surface area contributed by atoms with Crippen molar-refractivity contribution < 1.29 is 9.59 Å². The van der Waals surface area contributed by atoms with Gasteiger partial charge in [0.15, 0.2) is 0 Å². The zero-order chi connectivity index (χ0) is 17.5. The molecule has 0 bridgehead atoms. The Morgan fingerprint density at radius 1 is 1.04 bits per heavy atom. The number of hydrogen-bond donors (Lipinski definition) is 2. The Bertz CT molecular complexity index is 717. The first-order chi connectivity index (χ1) is 11.5. The predicted molar refractivity (Wildman–Crippen MR) is 96.5 cm³/mol. The average molecular weight is 365 g/mol. The van der Waals surface area contributed by atoms with Gasteiger partial charge in [0.05, 0.1) is 10.6 Å². The van der Waals surface area contributed by atoms with E-state index in [0.717, 1.165) is 5.56 Å². The first kappa shape index (κ1) is 18.3. The monoisotopic (exact) mass is 364 g/mol. The Kier molecular flexibility index (Phi) is 6.64. The quantitative estimate of drug-likeness (QED) is 0.824. The van der Waals surface area contributed by atoms with E-state index in [1.54, 1.807) is 31.2 Å². The van der Waals surface area contributed by atoms with Crippen LogP contribution in [0.25, 0.3) is 0 Å². The fourth-order valence-electron chi connectivity index (χ4n) is 2.12. The van der Waals surface area contributed by atoms with Crippen LogP contribution in [0.5, 0.6) is 0 Å². The summed E-state index contributed by atoms with van der Waals surface area (Å²) in [4.78, 5) is 24.2. The van der Waals surface area contributed by atoms with Crippen molar-refractivity contribution in [3.8, 4) is 0 Å². The molecule has 0 fully saturated rings. The number of amides is 2. The Morgan fingerprint density at radius 2 is 1.71 bits per heavy atom. The molecule has 0 aromatic heterocycles. The Morgan fingerprint density at radius 3 is 2.38 bits per heavy atom. The molecular formula is C18H18Cl2N2O2. The van der Waals surface area contributed by atoms with Crippen LogP contribution in [0.1, 0.15) is 22.8 Å². The molecule has 2 rings (SSSR count). The van der Waals surface area contributed by atoms with Gasteiger partial charge in [-0.2, -0.15) is 0 Å². The Hall–Kier alpha value is -2.04. The predicted octanol–water partition coefficient (Wildman–Crippen LogP) is 3.47. The van der Waals surface area contributed by atoms with E-state index < -0.39 is 6.04 Å². The molecule has 4 nitrogen and oxygen atoms in total. The van der Waals surface area contributed by atoms with Crippen molar-refractivity contribution >= 4 is 35.0 Å². The van der Waals surface area contributed by atoms with Crippen molar-refractivity contribution in [1.29, 1.82) is 0 Å². The van der Waals surface area contributed by atoms with Crippen molar-refractivity contribution in [2.75, 3.05) is 6.54 Å². The van der Waals surface area contributed by atoms with E-state index in [1.807, 2.05) is 24.3 Å². The molecule has 0 saturated carbocycles. The number of halogens is 2. The van der Waals surface area contributed by atoms with Gasteiger partial charge in [0.1, 0.15) is 6.04 Å². The van der Waals surface area contributed by atoms with Crippen LogP contribution in [-0.4, -0.2) is 24.4 Å². The van der Waals surface area contributed by atoms with Gasteiger partial charge in [-0.15, -0.1) is 0 Å². The summed E-state index contributed by atoms with van der Waals surface area (Å²) >= 11 is 11.8. The van der Waals surface area contributed by atoms with Gasteiger partial charge in [-0.05, 0) is 43.2 Å². The molecule has 0 unspecified atom stereocenters. The highest BCUT2D eigenvalue weighted by Crippen LogP contribution is 2.14. The highest BCUT2D eigenvalue weighted by Gasteiger charge is 2.17. The lowest BCUT2D eigenvalue weighted by molar-refractivity contribution is -0.122. The Labute approximate surface area is 151 Å². The van der Waals surface area contributed by atoms with Crippen LogP contribution in [0, 0.1) is 0 Å².